The lowest BCUT2D eigenvalue weighted by molar-refractivity contribution is 0.0337. The molecule has 1 unspecified atom stereocenters. The van der Waals surface area contributed by atoms with Crippen LogP contribution in [0.5, 0.6) is 5.75 Å². The zero-order chi connectivity index (χ0) is 17.9. The van der Waals surface area contributed by atoms with E-state index in [1.165, 1.54) is 43.5 Å². The lowest BCUT2D eigenvalue weighted by atomic mass is 10.1. The number of sulfonamides is 1. The number of benzene rings is 2. The molecular formula is C16H16FNO5S. The Labute approximate surface area is 139 Å². The summed E-state index contributed by atoms with van der Waals surface area (Å²) in [6, 6.07) is 9.28. The maximum Gasteiger partial charge on any atom is 0.338 e. The molecule has 2 aromatic carbocycles. The van der Waals surface area contributed by atoms with Crippen molar-refractivity contribution >= 4 is 16.0 Å². The average Bonchev–Trinajstić information content (AvgIpc) is 2.53. The number of nitrogens with two attached hydrogens (primary N) is 1. The number of carbonyl (C=O) groups excluding carboxylic acids is 1. The molecule has 6 nitrogen and oxygen atoms in total. The van der Waals surface area contributed by atoms with Crippen LogP contribution in [-0.2, 0) is 14.8 Å². The Balaban J connectivity index is 2.25. The highest BCUT2D eigenvalue weighted by molar-refractivity contribution is 7.89. The Morgan fingerprint density at radius 2 is 1.79 bits per heavy atom. The first kappa shape index (κ1) is 17.9. The number of methoxy groups -OCH3 is 1. The van der Waals surface area contributed by atoms with Crippen molar-refractivity contribution in [2.45, 2.75) is 17.9 Å². The molecule has 0 amide bonds. The number of ether oxygens (including phenoxy) is 2. The molecule has 2 aromatic rings. The third-order valence-electron chi connectivity index (χ3n) is 3.33. The molecule has 0 spiro atoms. The maximum absolute atomic E-state index is 12.9. The van der Waals surface area contributed by atoms with Gasteiger partial charge in [-0.25, -0.2) is 22.7 Å². The number of hydrogen-bond acceptors (Lipinski definition) is 5. The summed E-state index contributed by atoms with van der Waals surface area (Å²) in [5.41, 5.74) is 0.610. The van der Waals surface area contributed by atoms with Gasteiger partial charge in [-0.2, -0.15) is 0 Å². The normalized spacial score (nSPS) is 12.5. The minimum Gasteiger partial charge on any atom is -0.495 e. The first-order chi connectivity index (χ1) is 11.2. The molecule has 0 saturated carbocycles. The first-order valence-corrected chi connectivity index (χ1v) is 8.44. The fourth-order valence-electron chi connectivity index (χ4n) is 2.06. The lowest BCUT2D eigenvalue weighted by Crippen LogP contribution is -2.15. The third kappa shape index (κ3) is 4.09. The summed E-state index contributed by atoms with van der Waals surface area (Å²) in [6.45, 7) is 1.62. The molecule has 24 heavy (non-hydrogen) atoms. The molecule has 0 aliphatic heterocycles. The predicted octanol–water partition coefficient (Wildman–Crippen LogP) is 2.40. The smallest absolute Gasteiger partial charge is 0.338 e. The van der Waals surface area contributed by atoms with Gasteiger partial charge in [0.05, 0.1) is 12.7 Å². The Hall–Kier alpha value is -2.45. The molecule has 0 heterocycles. The minimum absolute atomic E-state index is 0.00814. The van der Waals surface area contributed by atoms with Crippen molar-refractivity contribution in [2.24, 2.45) is 5.14 Å². The van der Waals surface area contributed by atoms with E-state index in [4.69, 9.17) is 14.6 Å². The number of halogens is 1. The first-order valence-electron chi connectivity index (χ1n) is 6.89. The molecule has 1 atom stereocenters. The van der Waals surface area contributed by atoms with E-state index in [2.05, 4.69) is 0 Å². The van der Waals surface area contributed by atoms with Gasteiger partial charge in [0.1, 0.15) is 22.6 Å². The van der Waals surface area contributed by atoms with Crippen molar-refractivity contribution in [1.82, 2.24) is 0 Å². The van der Waals surface area contributed by atoms with E-state index in [-0.39, 0.29) is 16.2 Å². The Bertz CT molecular complexity index is 849. The number of carbonyl (C=O) groups is 1. The van der Waals surface area contributed by atoms with Gasteiger partial charge in [-0.3, -0.25) is 0 Å². The average molecular weight is 353 g/mol. The van der Waals surface area contributed by atoms with E-state index in [1.54, 1.807) is 6.92 Å². The van der Waals surface area contributed by atoms with Crippen molar-refractivity contribution in [3.63, 3.8) is 0 Å². The van der Waals surface area contributed by atoms with Gasteiger partial charge in [0.25, 0.3) is 0 Å². The summed E-state index contributed by atoms with van der Waals surface area (Å²) >= 11 is 0. The van der Waals surface area contributed by atoms with E-state index >= 15 is 0 Å². The predicted molar refractivity (Wildman–Crippen MR) is 84.6 cm³/mol. The highest BCUT2D eigenvalue weighted by Gasteiger charge is 2.20. The topological polar surface area (TPSA) is 95.7 Å². The molecule has 0 fully saturated rings. The van der Waals surface area contributed by atoms with Crippen LogP contribution in [0, 0.1) is 5.82 Å². The van der Waals surface area contributed by atoms with Crippen LogP contribution in [0.3, 0.4) is 0 Å². The van der Waals surface area contributed by atoms with Crippen LogP contribution in [0.4, 0.5) is 4.39 Å². The summed E-state index contributed by atoms with van der Waals surface area (Å²) < 4.78 is 46.3. The Morgan fingerprint density at radius 3 is 2.33 bits per heavy atom. The van der Waals surface area contributed by atoms with Gasteiger partial charge < -0.3 is 9.47 Å². The Kier molecular flexibility index (Phi) is 5.20. The second kappa shape index (κ2) is 6.98. The quantitative estimate of drug-likeness (QED) is 0.833. The summed E-state index contributed by atoms with van der Waals surface area (Å²) in [6.07, 6.45) is -0.641. The van der Waals surface area contributed by atoms with Crippen molar-refractivity contribution < 1.29 is 27.1 Å². The monoisotopic (exact) mass is 353 g/mol. The molecule has 8 heteroatoms. The van der Waals surface area contributed by atoms with Crippen molar-refractivity contribution in [3.05, 3.63) is 59.4 Å². The highest BCUT2D eigenvalue weighted by Crippen LogP contribution is 2.25. The molecule has 0 radical (unpaired) electrons. The van der Waals surface area contributed by atoms with Crippen LogP contribution in [0.15, 0.2) is 47.4 Å². The van der Waals surface area contributed by atoms with Gasteiger partial charge in [0, 0.05) is 0 Å². The van der Waals surface area contributed by atoms with Crippen LogP contribution in [0.25, 0.3) is 0 Å². The highest BCUT2D eigenvalue weighted by atomic mass is 32.2. The number of esters is 1. The van der Waals surface area contributed by atoms with E-state index in [0.717, 1.165) is 6.07 Å². The number of rotatable bonds is 5. The summed E-state index contributed by atoms with van der Waals surface area (Å²) in [5, 5.41) is 5.11. The molecule has 0 saturated heterocycles. The second-order valence-corrected chi connectivity index (χ2v) is 6.54. The summed E-state index contributed by atoms with van der Waals surface area (Å²) in [4.78, 5) is 11.9. The molecule has 2 N–H and O–H groups in total. The molecule has 2 rings (SSSR count). The van der Waals surface area contributed by atoms with E-state index in [0.29, 0.717) is 5.56 Å². The summed E-state index contributed by atoms with van der Waals surface area (Å²) in [5.74, 6) is -1.11. The van der Waals surface area contributed by atoms with Crippen molar-refractivity contribution in [3.8, 4) is 5.75 Å². The minimum atomic E-state index is -4.06. The summed E-state index contributed by atoms with van der Waals surface area (Å²) in [7, 11) is -2.77. The van der Waals surface area contributed by atoms with Crippen LogP contribution in [0.2, 0.25) is 0 Å². The van der Waals surface area contributed by atoms with Crippen molar-refractivity contribution in [2.75, 3.05) is 7.11 Å². The zero-order valence-electron chi connectivity index (χ0n) is 13.0. The zero-order valence-corrected chi connectivity index (χ0v) is 13.8. The molecular weight excluding hydrogens is 337 g/mol. The fraction of sp³-hybridized carbons (Fsp3) is 0.188. The van der Waals surface area contributed by atoms with Crippen LogP contribution in [-0.4, -0.2) is 21.5 Å². The SMILES string of the molecule is COc1ccc(C(=O)OC(C)c2ccc(F)cc2)cc1S(N)(=O)=O. The van der Waals surface area contributed by atoms with E-state index in [9.17, 15) is 17.6 Å². The maximum atomic E-state index is 12.9. The largest absolute Gasteiger partial charge is 0.495 e. The standard InChI is InChI=1S/C16H16FNO5S/c1-10(11-3-6-13(17)7-4-11)23-16(19)12-5-8-14(22-2)15(9-12)24(18,20)21/h3-10H,1-2H3,(H2,18,20,21). The van der Waals surface area contributed by atoms with Gasteiger partial charge in [-0.05, 0) is 42.8 Å². The molecule has 128 valence electrons. The number of hydrogen-bond donors (Lipinski definition) is 1. The van der Waals surface area contributed by atoms with Gasteiger partial charge in [0.2, 0.25) is 10.0 Å². The van der Waals surface area contributed by atoms with E-state index in [1.807, 2.05) is 0 Å². The van der Waals surface area contributed by atoms with Gasteiger partial charge in [-0.15, -0.1) is 0 Å². The van der Waals surface area contributed by atoms with Crippen LogP contribution < -0.4 is 9.88 Å². The van der Waals surface area contributed by atoms with Gasteiger partial charge in [-0.1, -0.05) is 12.1 Å². The van der Waals surface area contributed by atoms with Gasteiger partial charge in [0.15, 0.2) is 0 Å². The fourth-order valence-corrected chi connectivity index (χ4v) is 2.78. The second-order valence-electron chi connectivity index (χ2n) is 5.01. The molecule has 0 aliphatic carbocycles. The van der Waals surface area contributed by atoms with Gasteiger partial charge >= 0.3 is 5.97 Å². The Morgan fingerprint density at radius 1 is 1.17 bits per heavy atom. The number of primary sulfonamides is 1. The lowest BCUT2D eigenvalue weighted by Gasteiger charge is -2.14. The van der Waals surface area contributed by atoms with Crippen LogP contribution >= 0.6 is 0 Å². The molecule has 0 aliphatic rings. The molecule has 0 aromatic heterocycles. The van der Waals surface area contributed by atoms with E-state index < -0.39 is 27.9 Å². The van der Waals surface area contributed by atoms with Crippen molar-refractivity contribution in [1.29, 1.82) is 0 Å². The van der Waals surface area contributed by atoms with Crippen LogP contribution in [0.1, 0.15) is 28.9 Å². The third-order valence-corrected chi connectivity index (χ3v) is 4.26. The molecule has 0 bridgehead atoms.